The maximum atomic E-state index is 12.5. The molecule has 1 amide bonds. The van der Waals surface area contributed by atoms with E-state index in [2.05, 4.69) is 23.9 Å². The lowest BCUT2D eigenvalue weighted by molar-refractivity contribution is -0.143. The van der Waals surface area contributed by atoms with Gasteiger partial charge in [-0.3, -0.25) is 14.5 Å². The first-order valence-electron chi connectivity index (χ1n) is 11.6. The van der Waals surface area contributed by atoms with Gasteiger partial charge < -0.3 is 19.5 Å². The fourth-order valence-corrected chi connectivity index (χ4v) is 4.34. The van der Waals surface area contributed by atoms with E-state index in [1.54, 1.807) is 36.1 Å². The second kappa shape index (κ2) is 11.2. The summed E-state index contributed by atoms with van der Waals surface area (Å²) in [6, 6.07) is 3.81. The minimum absolute atomic E-state index is 0.0910. The first-order valence-corrected chi connectivity index (χ1v) is 11.6. The van der Waals surface area contributed by atoms with E-state index >= 15 is 0 Å². The molecule has 1 N–H and O–H groups in total. The Labute approximate surface area is 194 Å². The minimum atomic E-state index is -0.757. The van der Waals surface area contributed by atoms with Crippen molar-refractivity contribution in [1.29, 1.82) is 0 Å². The predicted octanol–water partition coefficient (Wildman–Crippen LogP) is 4.26. The van der Waals surface area contributed by atoms with Crippen LogP contribution in [0.25, 0.3) is 11.3 Å². The van der Waals surface area contributed by atoms with Crippen LogP contribution in [-0.4, -0.2) is 56.0 Å². The normalized spacial score (nSPS) is 18.2. The molecule has 1 unspecified atom stereocenters. The van der Waals surface area contributed by atoms with Gasteiger partial charge in [-0.25, -0.2) is 4.79 Å². The molecule has 9 heteroatoms. The molecule has 1 aliphatic rings. The van der Waals surface area contributed by atoms with Crippen molar-refractivity contribution in [1.82, 2.24) is 19.7 Å². The number of carbonyl (C=O) groups is 2. The Hall–Kier alpha value is -3.10. The van der Waals surface area contributed by atoms with E-state index < -0.39 is 5.97 Å². The van der Waals surface area contributed by atoms with E-state index in [0.717, 1.165) is 36.9 Å². The highest BCUT2D eigenvalue weighted by atomic mass is 16.6. The largest absolute Gasteiger partial charge is 0.489 e. The number of nitrogens with zero attached hydrogens (tertiary/aromatic N) is 4. The molecule has 9 nitrogen and oxygen atoms in total. The predicted molar refractivity (Wildman–Crippen MR) is 123 cm³/mol. The number of hydrogen-bond acceptors (Lipinski definition) is 6. The molecule has 2 heterocycles. The van der Waals surface area contributed by atoms with Crippen LogP contribution in [0.5, 0.6) is 5.75 Å². The van der Waals surface area contributed by atoms with Crippen molar-refractivity contribution in [3.05, 3.63) is 30.2 Å². The number of aromatic nitrogens is 3. The highest BCUT2D eigenvalue weighted by Crippen LogP contribution is 2.29. The van der Waals surface area contributed by atoms with E-state index in [-0.39, 0.29) is 30.8 Å². The van der Waals surface area contributed by atoms with Crippen LogP contribution in [0.1, 0.15) is 58.1 Å². The summed E-state index contributed by atoms with van der Waals surface area (Å²) in [6.07, 6.45) is 7.51. The lowest BCUT2D eigenvalue weighted by Crippen LogP contribution is -2.36. The summed E-state index contributed by atoms with van der Waals surface area (Å²) >= 11 is 0. The number of hydrogen-bond donors (Lipinski definition) is 1. The van der Waals surface area contributed by atoms with Crippen molar-refractivity contribution in [2.24, 2.45) is 13.0 Å². The monoisotopic (exact) mass is 458 g/mol. The number of rotatable bonds is 9. The molecule has 1 saturated carbocycles. The Morgan fingerprint density at radius 2 is 2.00 bits per heavy atom. The topological polar surface area (TPSA) is 107 Å². The van der Waals surface area contributed by atoms with Crippen LogP contribution in [0.2, 0.25) is 0 Å². The molecule has 0 bridgehead atoms. The number of aryl methyl sites for hydroxylation is 1. The molecule has 0 saturated heterocycles. The SMILES string of the molecule is CCC(CC)N(C)C(=O)OCc1c(-c2ccc(O[C@H]3CCCC(C(=O)O)C3)cn2)cnn1C. The van der Waals surface area contributed by atoms with Gasteiger partial charge in [-0.1, -0.05) is 13.8 Å². The van der Waals surface area contributed by atoms with Crippen molar-refractivity contribution >= 4 is 12.1 Å². The second-order valence-electron chi connectivity index (χ2n) is 8.59. The van der Waals surface area contributed by atoms with E-state index in [1.165, 1.54) is 0 Å². The summed E-state index contributed by atoms with van der Waals surface area (Å²) in [5, 5.41) is 13.6. The Bertz CT molecular complexity index is 939. The Kier molecular flexibility index (Phi) is 8.30. The van der Waals surface area contributed by atoms with Crippen molar-refractivity contribution in [3.63, 3.8) is 0 Å². The maximum Gasteiger partial charge on any atom is 0.410 e. The molecule has 0 aromatic carbocycles. The highest BCUT2D eigenvalue weighted by molar-refractivity contribution is 5.70. The molecule has 2 aromatic rings. The maximum absolute atomic E-state index is 12.5. The lowest BCUT2D eigenvalue weighted by atomic mass is 9.87. The molecular weight excluding hydrogens is 424 g/mol. The first-order chi connectivity index (χ1) is 15.8. The number of aliphatic carboxylic acids is 1. The number of carboxylic acids is 1. The van der Waals surface area contributed by atoms with Gasteiger partial charge in [-0.05, 0) is 50.7 Å². The number of amides is 1. The molecular formula is C24H34N4O5. The van der Waals surface area contributed by atoms with Crippen LogP contribution in [0.3, 0.4) is 0 Å². The Morgan fingerprint density at radius 1 is 1.24 bits per heavy atom. The number of carbonyl (C=O) groups excluding carboxylic acids is 1. The van der Waals surface area contributed by atoms with Crippen LogP contribution in [0.4, 0.5) is 4.79 Å². The second-order valence-corrected chi connectivity index (χ2v) is 8.59. The lowest BCUT2D eigenvalue weighted by Gasteiger charge is -2.27. The molecule has 0 radical (unpaired) electrons. The highest BCUT2D eigenvalue weighted by Gasteiger charge is 2.28. The van der Waals surface area contributed by atoms with Crippen molar-refractivity contribution in [3.8, 4) is 17.0 Å². The number of pyridine rings is 1. The molecule has 2 atom stereocenters. The van der Waals surface area contributed by atoms with Crippen molar-refractivity contribution in [2.45, 2.75) is 71.1 Å². The van der Waals surface area contributed by atoms with Gasteiger partial charge in [0.1, 0.15) is 12.4 Å². The molecule has 0 aliphatic heterocycles. The molecule has 0 spiro atoms. The standard InChI is InChI=1S/C24H34N4O5/c1-5-17(6-2)27(3)24(31)32-15-22-20(14-26-28(22)4)21-11-10-19(13-25-21)33-18-9-7-8-16(12-18)23(29)30/h10-11,13-14,16-18H,5-9,12,15H2,1-4H3,(H,29,30)/t16?,18-/m0/s1. The summed E-state index contributed by atoms with van der Waals surface area (Å²) < 4.78 is 13.2. The fraction of sp³-hybridized carbons (Fsp3) is 0.583. The van der Waals surface area contributed by atoms with Crippen LogP contribution in [0.15, 0.2) is 24.5 Å². The summed E-state index contributed by atoms with van der Waals surface area (Å²) in [7, 11) is 3.56. The average molecular weight is 459 g/mol. The summed E-state index contributed by atoms with van der Waals surface area (Å²) in [5.74, 6) is -0.494. The van der Waals surface area contributed by atoms with E-state index in [0.29, 0.717) is 24.3 Å². The van der Waals surface area contributed by atoms with Crippen LogP contribution >= 0.6 is 0 Å². The Balaban J connectivity index is 1.65. The molecule has 2 aromatic heterocycles. The average Bonchev–Trinajstić information content (AvgIpc) is 3.19. The van der Waals surface area contributed by atoms with Gasteiger partial charge in [0.05, 0.1) is 35.8 Å². The third-order valence-electron chi connectivity index (χ3n) is 6.46. The third kappa shape index (κ3) is 6.03. The van der Waals surface area contributed by atoms with Gasteiger partial charge >= 0.3 is 12.1 Å². The molecule has 1 aliphatic carbocycles. The molecule has 180 valence electrons. The summed E-state index contributed by atoms with van der Waals surface area (Å²) in [4.78, 5) is 29.9. The molecule has 3 rings (SSSR count). The fourth-order valence-electron chi connectivity index (χ4n) is 4.34. The zero-order chi connectivity index (χ0) is 24.0. The van der Waals surface area contributed by atoms with E-state index in [4.69, 9.17) is 9.47 Å². The number of carboxylic acid groups (broad SMARTS) is 1. The van der Waals surface area contributed by atoms with E-state index in [9.17, 15) is 14.7 Å². The van der Waals surface area contributed by atoms with E-state index in [1.807, 2.05) is 12.1 Å². The number of ether oxygens (including phenoxy) is 2. The third-order valence-corrected chi connectivity index (χ3v) is 6.46. The van der Waals surface area contributed by atoms with Gasteiger partial charge in [0.15, 0.2) is 0 Å². The zero-order valence-electron chi connectivity index (χ0n) is 19.9. The van der Waals surface area contributed by atoms with Crippen LogP contribution < -0.4 is 4.74 Å². The van der Waals surface area contributed by atoms with Crippen molar-refractivity contribution in [2.75, 3.05) is 7.05 Å². The summed E-state index contributed by atoms with van der Waals surface area (Å²) in [6.45, 7) is 4.19. The van der Waals surface area contributed by atoms with Crippen LogP contribution in [0, 0.1) is 5.92 Å². The zero-order valence-corrected chi connectivity index (χ0v) is 19.9. The van der Waals surface area contributed by atoms with Crippen molar-refractivity contribution < 1.29 is 24.2 Å². The van der Waals surface area contributed by atoms with Crippen LogP contribution in [-0.2, 0) is 23.2 Å². The molecule has 1 fully saturated rings. The first kappa shape index (κ1) is 24.5. The van der Waals surface area contributed by atoms with Gasteiger partial charge in [0, 0.05) is 25.7 Å². The summed E-state index contributed by atoms with van der Waals surface area (Å²) in [5.41, 5.74) is 2.23. The van der Waals surface area contributed by atoms with Gasteiger partial charge in [0.2, 0.25) is 0 Å². The Morgan fingerprint density at radius 3 is 2.64 bits per heavy atom. The van der Waals surface area contributed by atoms with Gasteiger partial charge in [-0.15, -0.1) is 0 Å². The minimum Gasteiger partial charge on any atom is -0.489 e. The molecule has 33 heavy (non-hydrogen) atoms. The quantitative estimate of drug-likeness (QED) is 0.598. The smallest absolute Gasteiger partial charge is 0.410 e. The van der Waals surface area contributed by atoms with Gasteiger partial charge in [-0.2, -0.15) is 5.10 Å². The van der Waals surface area contributed by atoms with Gasteiger partial charge in [0.25, 0.3) is 0 Å².